The Hall–Kier alpha value is -3.18. The van der Waals surface area contributed by atoms with Gasteiger partial charge < -0.3 is 9.67 Å². The molecule has 1 atom stereocenters. The lowest BCUT2D eigenvalue weighted by Gasteiger charge is -2.09. The molecule has 0 unspecified atom stereocenters. The van der Waals surface area contributed by atoms with E-state index in [1.165, 1.54) is 0 Å². The molecule has 0 aliphatic carbocycles. The molecule has 1 heterocycles. The van der Waals surface area contributed by atoms with E-state index in [-0.39, 0.29) is 0 Å². The van der Waals surface area contributed by atoms with Crippen molar-refractivity contribution in [2.75, 3.05) is 0 Å². The summed E-state index contributed by atoms with van der Waals surface area (Å²) in [5.74, 6) is -0.565. The van der Waals surface area contributed by atoms with Crippen molar-refractivity contribution in [2.24, 2.45) is 5.10 Å². The minimum absolute atomic E-state index is 0.530. The molecule has 2 aromatic carbocycles. The molecular formula is C21H21N3O2. The molecule has 5 heteroatoms. The van der Waals surface area contributed by atoms with Crippen molar-refractivity contribution in [3.05, 3.63) is 89.2 Å². The van der Waals surface area contributed by atoms with Gasteiger partial charge in [-0.15, -0.1) is 0 Å². The largest absolute Gasteiger partial charge is 0.378 e. The van der Waals surface area contributed by atoms with Crippen LogP contribution in [0.4, 0.5) is 0 Å². The van der Waals surface area contributed by atoms with Gasteiger partial charge in [-0.05, 0) is 37.6 Å². The van der Waals surface area contributed by atoms with Gasteiger partial charge in [-0.1, -0.05) is 48.5 Å². The van der Waals surface area contributed by atoms with Gasteiger partial charge in [0.15, 0.2) is 6.10 Å². The number of para-hydroxylation sites is 1. The fourth-order valence-corrected chi connectivity index (χ4v) is 2.91. The third-order valence-electron chi connectivity index (χ3n) is 4.23. The maximum Gasteiger partial charge on any atom is 0.273 e. The first kappa shape index (κ1) is 17.6. The summed E-state index contributed by atoms with van der Waals surface area (Å²) in [6, 6.07) is 20.8. The van der Waals surface area contributed by atoms with Crippen LogP contribution in [-0.4, -0.2) is 21.8 Å². The fraction of sp³-hybridized carbons (Fsp3) is 0.143. The van der Waals surface area contributed by atoms with E-state index in [1.807, 2.05) is 56.3 Å². The van der Waals surface area contributed by atoms with Crippen molar-refractivity contribution in [2.45, 2.75) is 20.0 Å². The third-order valence-corrected chi connectivity index (χ3v) is 4.23. The van der Waals surface area contributed by atoms with Crippen molar-refractivity contribution < 1.29 is 9.90 Å². The SMILES string of the molecule is Cc1cc(/C=N\NC(=O)[C@@H](O)c2ccccc2)c(C)n1-c1ccccc1. The molecule has 2 N–H and O–H groups in total. The molecule has 0 saturated carbocycles. The lowest BCUT2D eigenvalue weighted by atomic mass is 10.1. The second-order valence-corrected chi connectivity index (χ2v) is 6.04. The Bertz CT molecular complexity index is 915. The number of carbonyl (C=O) groups is 1. The molecule has 0 aliphatic heterocycles. The van der Waals surface area contributed by atoms with Crippen LogP contribution in [0, 0.1) is 13.8 Å². The van der Waals surface area contributed by atoms with E-state index in [0.717, 1.165) is 22.6 Å². The van der Waals surface area contributed by atoms with Gasteiger partial charge in [0.2, 0.25) is 0 Å². The predicted octanol–water partition coefficient (Wildman–Crippen LogP) is 3.28. The van der Waals surface area contributed by atoms with Gasteiger partial charge in [0, 0.05) is 22.6 Å². The van der Waals surface area contributed by atoms with Crippen LogP contribution in [0.1, 0.15) is 28.6 Å². The van der Waals surface area contributed by atoms with Crippen molar-refractivity contribution in [1.82, 2.24) is 9.99 Å². The molecule has 0 spiro atoms. The standard InChI is InChI=1S/C21H21N3O2/c1-15-13-18(16(2)24(15)19-11-7-4-8-12-19)14-22-23-21(26)20(25)17-9-5-3-6-10-17/h3-14,20,25H,1-2H3,(H,23,26)/b22-14-/t20-/m0/s1. The number of amides is 1. The van der Waals surface area contributed by atoms with Crippen LogP contribution in [0.25, 0.3) is 5.69 Å². The first-order chi connectivity index (χ1) is 12.6. The van der Waals surface area contributed by atoms with Gasteiger partial charge in [0.05, 0.1) is 6.21 Å². The zero-order valence-electron chi connectivity index (χ0n) is 14.8. The van der Waals surface area contributed by atoms with E-state index in [4.69, 9.17) is 0 Å². The number of benzene rings is 2. The highest BCUT2D eigenvalue weighted by Gasteiger charge is 2.16. The Kier molecular flexibility index (Phi) is 5.29. The van der Waals surface area contributed by atoms with Crippen LogP contribution in [0.15, 0.2) is 71.8 Å². The summed E-state index contributed by atoms with van der Waals surface area (Å²) in [4.78, 5) is 12.0. The molecule has 0 saturated heterocycles. The second kappa shape index (κ2) is 7.80. The van der Waals surface area contributed by atoms with Gasteiger partial charge in [0.25, 0.3) is 5.91 Å². The van der Waals surface area contributed by atoms with Gasteiger partial charge in [0.1, 0.15) is 0 Å². The van der Waals surface area contributed by atoms with E-state index < -0.39 is 12.0 Å². The highest BCUT2D eigenvalue weighted by Crippen LogP contribution is 2.19. The maximum absolute atomic E-state index is 12.0. The van der Waals surface area contributed by atoms with Gasteiger partial charge >= 0.3 is 0 Å². The number of hydrazone groups is 1. The first-order valence-electron chi connectivity index (χ1n) is 8.38. The molecular weight excluding hydrogens is 326 g/mol. The molecule has 0 fully saturated rings. The first-order valence-corrected chi connectivity index (χ1v) is 8.38. The molecule has 5 nitrogen and oxygen atoms in total. The number of rotatable bonds is 5. The number of aliphatic hydroxyl groups is 1. The van der Waals surface area contributed by atoms with Crippen LogP contribution >= 0.6 is 0 Å². The average molecular weight is 347 g/mol. The Morgan fingerprint density at radius 2 is 1.69 bits per heavy atom. The highest BCUT2D eigenvalue weighted by atomic mass is 16.3. The van der Waals surface area contributed by atoms with Gasteiger partial charge in [-0.3, -0.25) is 4.79 Å². The molecule has 0 bridgehead atoms. The quantitative estimate of drug-likeness (QED) is 0.549. The number of nitrogens with zero attached hydrogens (tertiary/aromatic N) is 2. The van der Waals surface area contributed by atoms with Crippen LogP contribution < -0.4 is 5.43 Å². The Balaban J connectivity index is 1.73. The summed E-state index contributed by atoms with van der Waals surface area (Å²) in [5, 5.41) is 14.0. The smallest absolute Gasteiger partial charge is 0.273 e. The molecule has 132 valence electrons. The number of aryl methyl sites for hydroxylation is 1. The van der Waals surface area contributed by atoms with Crippen molar-refractivity contribution in [3.8, 4) is 5.69 Å². The Morgan fingerprint density at radius 3 is 2.35 bits per heavy atom. The molecule has 0 aliphatic rings. The maximum atomic E-state index is 12.0. The predicted molar refractivity (Wildman–Crippen MR) is 102 cm³/mol. The summed E-state index contributed by atoms with van der Waals surface area (Å²) >= 11 is 0. The number of nitrogens with one attached hydrogen (secondary N) is 1. The van der Waals surface area contributed by atoms with E-state index in [0.29, 0.717) is 5.56 Å². The Labute approximate surface area is 152 Å². The summed E-state index contributed by atoms with van der Waals surface area (Å²) in [6.07, 6.45) is 0.349. The molecule has 3 aromatic rings. The van der Waals surface area contributed by atoms with Crippen molar-refractivity contribution in [1.29, 1.82) is 0 Å². The molecule has 1 amide bonds. The van der Waals surface area contributed by atoms with Crippen molar-refractivity contribution >= 4 is 12.1 Å². The fourth-order valence-electron chi connectivity index (χ4n) is 2.91. The van der Waals surface area contributed by atoms with E-state index >= 15 is 0 Å². The number of aliphatic hydroxyl groups excluding tert-OH is 1. The zero-order valence-corrected chi connectivity index (χ0v) is 14.8. The topological polar surface area (TPSA) is 66.6 Å². The normalized spacial score (nSPS) is 12.3. The highest BCUT2D eigenvalue weighted by molar-refractivity contribution is 5.86. The summed E-state index contributed by atoms with van der Waals surface area (Å²) in [6.45, 7) is 4.02. The van der Waals surface area contributed by atoms with Crippen LogP contribution in [0.3, 0.4) is 0 Å². The second-order valence-electron chi connectivity index (χ2n) is 6.04. The van der Waals surface area contributed by atoms with E-state index in [2.05, 4.69) is 15.1 Å². The monoisotopic (exact) mass is 347 g/mol. The van der Waals surface area contributed by atoms with E-state index in [9.17, 15) is 9.90 Å². The summed E-state index contributed by atoms with van der Waals surface area (Å²) in [7, 11) is 0. The number of carbonyl (C=O) groups excluding carboxylic acids is 1. The number of hydrogen-bond donors (Lipinski definition) is 2. The van der Waals surface area contributed by atoms with Crippen LogP contribution in [-0.2, 0) is 4.79 Å². The van der Waals surface area contributed by atoms with Gasteiger partial charge in [-0.2, -0.15) is 5.10 Å². The molecule has 3 rings (SSSR count). The van der Waals surface area contributed by atoms with Gasteiger partial charge in [-0.25, -0.2) is 5.43 Å². The molecule has 0 radical (unpaired) electrons. The lowest BCUT2D eigenvalue weighted by Crippen LogP contribution is -2.25. The number of hydrogen-bond acceptors (Lipinski definition) is 3. The third kappa shape index (κ3) is 3.73. The lowest BCUT2D eigenvalue weighted by molar-refractivity contribution is -0.129. The minimum atomic E-state index is -1.25. The molecule has 26 heavy (non-hydrogen) atoms. The van der Waals surface area contributed by atoms with Crippen molar-refractivity contribution in [3.63, 3.8) is 0 Å². The number of aromatic nitrogens is 1. The molecule has 1 aromatic heterocycles. The summed E-state index contributed by atoms with van der Waals surface area (Å²) in [5.41, 5.74) is 7.00. The van der Waals surface area contributed by atoms with Crippen LogP contribution in [0.5, 0.6) is 0 Å². The van der Waals surface area contributed by atoms with E-state index in [1.54, 1.807) is 30.5 Å². The average Bonchev–Trinajstić information content (AvgIpc) is 2.96. The zero-order chi connectivity index (χ0) is 18.5. The summed E-state index contributed by atoms with van der Waals surface area (Å²) < 4.78 is 2.13. The minimum Gasteiger partial charge on any atom is -0.378 e. The Morgan fingerprint density at radius 1 is 1.08 bits per heavy atom. The van der Waals surface area contributed by atoms with Crippen LogP contribution in [0.2, 0.25) is 0 Å².